The van der Waals surface area contributed by atoms with E-state index in [1.54, 1.807) is 30.9 Å². The summed E-state index contributed by atoms with van der Waals surface area (Å²) in [6.07, 6.45) is 4.87. The number of piperazine rings is 1. The molecule has 6 nitrogen and oxygen atoms in total. The molecule has 0 aromatic carbocycles. The van der Waals surface area contributed by atoms with E-state index in [9.17, 15) is 4.79 Å². The largest absolute Gasteiger partial charge is 0.353 e. The highest BCUT2D eigenvalue weighted by Gasteiger charge is 2.22. The van der Waals surface area contributed by atoms with Gasteiger partial charge in [0.15, 0.2) is 0 Å². The van der Waals surface area contributed by atoms with Crippen LogP contribution in [0.3, 0.4) is 0 Å². The van der Waals surface area contributed by atoms with Crippen molar-refractivity contribution in [3.63, 3.8) is 0 Å². The number of aromatic nitrogens is 3. The predicted molar refractivity (Wildman–Crippen MR) is 79.1 cm³/mol. The molecule has 3 rings (SSSR count). The van der Waals surface area contributed by atoms with Crippen LogP contribution in [0.25, 0.3) is 0 Å². The second-order valence-electron chi connectivity index (χ2n) is 5.04. The summed E-state index contributed by atoms with van der Waals surface area (Å²) in [5, 5.41) is 0. The number of hydrogen-bond acceptors (Lipinski definition) is 5. The van der Waals surface area contributed by atoms with Crippen molar-refractivity contribution in [2.45, 2.75) is 6.92 Å². The quantitative estimate of drug-likeness (QED) is 0.827. The molecule has 1 amide bonds. The summed E-state index contributed by atoms with van der Waals surface area (Å²) in [5.74, 6) is 0.970. The number of pyridine rings is 1. The van der Waals surface area contributed by atoms with Gasteiger partial charge in [-0.1, -0.05) is 0 Å². The molecule has 21 heavy (non-hydrogen) atoms. The molecule has 0 unspecified atom stereocenters. The first-order chi connectivity index (χ1) is 10.2. The van der Waals surface area contributed by atoms with Crippen molar-refractivity contribution in [1.29, 1.82) is 0 Å². The third-order valence-electron chi connectivity index (χ3n) is 3.59. The van der Waals surface area contributed by atoms with Crippen LogP contribution in [0.5, 0.6) is 0 Å². The summed E-state index contributed by atoms with van der Waals surface area (Å²) in [6, 6.07) is 5.56. The number of amides is 1. The highest BCUT2D eigenvalue weighted by molar-refractivity contribution is 5.94. The van der Waals surface area contributed by atoms with Gasteiger partial charge in [0, 0.05) is 50.3 Å². The van der Waals surface area contributed by atoms with Crippen LogP contribution in [0.4, 0.5) is 5.82 Å². The molecule has 0 atom stereocenters. The topological polar surface area (TPSA) is 62.2 Å². The molecule has 0 N–H and O–H groups in total. The zero-order valence-corrected chi connectivity index (χ0v) is 11.9. The molecule has 0 bridgehead atoms. The average Bonchev–Trinajstić information content (AvgIpc) is 2.55. The Morgan fingerprint density at radius 2 is 2.00 bits per heavy atom. The molecular weight excluding hydrogens is 266 g/mol. The molecule has 0 radical (unpaired) electrons. The third kappa shape index (κ3) is 2.99. The van der Waals surface area contributed by atoms with E-state index in [2.05, 4.69) is 19.9 Å². The Morgan fingerprint density at radius 1 is 1.19 bits per heavy atom. The number of anilines is 1. The minimum Gasteiger partial charge on any atom is -0.353 e. The summed E-state index contributed by atoms with van der Waals surface area (Å²) in [7, 11) is 0. The molecule has 2 aromatic heterocycles. The molecule has 0 aliphatic carbocycles. The third-order valence-corrected chi connectivity index (χ3v) is 3.59. The number of hydrogen-bond donors (Lipinski definition) is 0. The summed E-state index contributed by atoms with van der Waals surface area (Å²) < 4.78 is 0. The van der Waals surface area contributed by atoms with Gasteiger partial charge in [-0.3, -0.25) is 9.78 Å². The summed E-state index contributed by atoms with van der Waals surface area (Å²) >= 11 is 0. The van der Waals surface area contributed by atoms with E-state index in [-0.39, 0.29) is 5.91 Å². The first-order valence-corrected chi connectivity index (χ1v) is 6.97. The molecule has 1 fully saturated rings. The Balaban J connectivity index is 1.64. The molecule has 3 heterocycles. The monoisotopic (exact) mass is 283 g/mol. The Bertz CT molecular complexity index is 623. The van der Waals surface area contributed by atoms with Gasteiger partial charge in [0.1, 0.15) is 12.1 Å². The lowest BCUT2D eigenvalue weighted by atomic mass is 10.2. The molecule has 108 valence electrons. The average molecular weight is 283 g/mol. The van der Waals surface area contributed by atoms with E-state index in [0.717, 1.165) is 24.6 Å². The standard InChI is InChI=1S/C15H17N5O/c1-12-9-14(18-11-17-12)19-5-7-20(8-6-19)15(21)13-3-2-4-16-10-13/h2-4,9-11H,5-8H2,1H3. The molecule has 6 heteroatoms. The highest BCUT2D eigenvalue weighted by atomic mass is 16.2. The van der Waals surface area contributed by atoms with Gasteiger partial charge in [0.2, 0.25) is 0 Å². The fourth-order valence-electron chi connectivity index (χ4n) is 2.42. The highest BCUT2D eigenvalue weighted by Crippen LogP contribution is 2.14. The van der Waals surface area contributed by atoms with Gasteiger partial charge in [0.05, 0.1) is 5.56 Å². The van der Waals surface area contributed by atoms with Crippen molar-refractivity contribution in [3.05, 3.63) is 48.2 Å². The van der Waals surface area contributed by atoms with E-state index in [1.807, 2.05) is 17.9 Å². The van der Waals surface area contributed by atoms with Crippen LogP contribution in [-0.4, -0.2) is 51.9 Å². The first kappa shape index (κ1) is 13.5. The maximum atomic E-state index is 12.3. The van der Waals surface area contributed by atoms with Gasteiger partial charge in [-0.05, 0) is 19.1 Å². The summed E-state index contributed by atoms with van der Waals surface area (Å²) in [6.45, 7) is 4.89. The minimum absolute atomic E-state index is 0.0432. The molecule has 1 aliphatic rings. The first-order valence-electron chi connectivity index (χ1n) is 6.97. The van der Waals surface area contributed by atoms with Gasteiger partial charge in [-0.25, -0.2) is 9.97 Å². The Hall–Kier alpha value is -2.50. The van der Waals surface area contributed by atoms with Crippen molar-refractivity contribution >= 4 is 11.7 Å². The maximum absolute atomic E-state index is 12.3. The van der Waals surface area contributed by atoms with Gasteiger partial charge in [-0.2, -0.15) is 0 Å². The van der Waals surface area contributed by atoms with Crippen LogP contribution in [0.1, 0.15) is 16.1 Å². The van der Waals surface area contributed by atoms with Crippen molar-refractivity contribution in [2.24, 2.45) is 0 Å². The second kappa shape index (κ2) is 5.87. The van der Waals surface area contributed by atoms with Crippen LogP contribution in [0.15, 0.2) is 36.9 Å². The fraction of sp³-hybridized carbons (Fsp3) is 0.333. The van der Waals surface area contributed by atoms with E-state index >= 15 is 0 Å². The molecule has 1 aliphatic heterocycles. The molecular formula is C15H17N5O. The van der Waals surface area contributed by atoms with Crippen molar-refractivity contribution < 1.29 is 4.79 Å². The van der Waals surface area contributed by atoms with Gasteiger partial charge in [0.25, 0.3) is 5.91 Å². The lowest BCUT2D eigenvalue weighted by Gasteiger charge is -2.35. The Morgan fingerprint density at radius 3 is 2.67 bits per heavy atom. The van der Waals surface area contributed by atoms with Crippen molar-refractivity contribution in [2.75, 3.05) is 31.1 Å². The number of carbonyl (C=O) groups excluding carboxylic acids is 1. The van der Waals surface area contributed by atoms with Crippen LogP contribution >= 0.6 is 0 Å². The summed E-state index contributed by atoms with van der Waals surface area (Å²) in [5.41, 5.74) is 1.60. The smallest absolute Gasteiger partial charge is 0.255 e. The van der Waals surface area contributed by atoms with Crippen molar-refractivity contribution in [1.82, 2.24) is 19.9 Å². The van der Waals surface area contributed by atoms with E-state index in [0.29, 0.717) is 18.7 Å². The lowest BCUT2D eigenvalue weighted by molar-refractivity contribution is 0.0746. The number of rotatable bonds is 2. The number of nitrogens with zero attached hydrogens (tertiary/aromatic N) is 5. The minimum atomic E-state index is 0.0432. The number of carbonyl (C=O) groups is 1. The van der Waals surface area contributed by atoms with Gasteiger partial charge in [-0.15, -0.1) is 0 Å². The maximum Gasteiger partial charge on any atom is 0.255 e. The summed E-state index contributed by atoms with van der Waals surface area (Å²) in [4.78, 5) is 28.8. The molecule has 1 saturated heterocycles. The van der Waals surface area contributed by atoms with E-state index < -0.39 is 0 Å². The van der Waals surface area contributed by atoms with E-state index in [4.69, 9.17) is 0 Å². The van der Waals surface area contributed by atoms with Crippen LogP contribution in [0, 0.1) is 6.92 Å². The normalized spacial score (nSPS) is 15.1. The van der Waals surface area contributed by atoms with Gasteiger partial charge < -0.3 is 9.80 Å². The van der Waals surface area contributed by atoms with Crippen molar-refractivity contribution in [3.8, 4) is 0 Å². The Labute approximate surface area is 123 Å². The predicted octanol–water partition coefficient (Wildman–Crippen LogP) is 1.14. The van der Waals surface area contributed by atoms with Gasteiger partial charge >= 0.3 is 0 Å². The lowest BCUT2D eigenvalue weighted by Crippen LogP contribution is -2.49. The Kier molecular flexibility index (Phi) is 3.77. The second-order valence-corrected chi connectivity index (χ2v) is 5.04. The van der Waals surface area contributed by atoms with Crippen LogP contribution < -0.4 is 4.90 Å². The van der Waals surface area contributed by atoms with E-state index in [1.165, 1.54) is 0 Å². The number of aryl methyl sites for hydroxylation is 1. The fourth-order valence-corrected chi connectivity index (χ4v) is 2.42. The molecule has 0 spiro atoms. The SMILES string of the molecule is Cc1cc(N2CCN(C(=O)c3cccnc3)CC2)ncn1. The molecule has 0 saturated carbocycles. The zero-order chi connectivity index (χ0) is 14.7. The van der Waals surface area contributed by atoms with Crippen LogP contribution in [0.2, 0.25) is 0 Å². The van der Waals surface area contributed by atoms with Crippen LogP contribution in [-0.2, 0) is 0 Å². The molecule has 2 aromatic rings. The zero-order valence-electron chi connectivity index (χ0n) is 11.9.